The number of rotatable bonds is 3. The molecule has 0 amide bonds. The first-order valence-corrected chi connectivity index (χ1v) is 7.04. The van der Waals surface area contributed by atoms with E-state index >= 15 is 0 Å². The molecule has 4 nitrogen and oxygen atoms in total. The summed E-state index contributed by atoms with van der Waals surface area (Å²) in [5.74, 6) is 0.771. The number of nitrogens with zero attached hydrogens (tertiary/aromatic N) is 2. The highest BCUT2D eigenvalue weighted by Crippen LogP contribution is 2.42. The molecule has 1 aliphatic rings. The van der Waals surface area contributed by atoms with Gasteiger partial charge in [0.1, 0.15) is 11.8 Å². The van der Waals surface area contributed by atoms with Crippen LogP contribution < -0.4 is 4.74 Å². The van der Waals surface area contributed by atoms with Gasteiger partial charge in [-0.05, 0) is 30.4 Å². The Morgan fingerprint density at radius 3 is 3.00 bits per heavy atom. The van der Waals surface area contributed by atoms with Gasteiger partial charge in [-0.2, -0.15) is 5.10 Å². The lowest BCUT2D eigenvalue weighted by molar-refractivity contribution is 0.124. The Kier molecular flexibility index (Phi) is 3.49. The highest BCUT2D eigenvalue weighted by Gasteiger charge is 2.31. The fraction of sp³-hybridized carbons (Fsp3) is 0.438. The Morgan fingerprint density at radius 1 is 1.40 bits per heavy atom. The van der Waals surface area contributed by atoms with Gasteiger partial charge in [0.15, 0.2) is 5.75 Å². The third-order valence-electron chi connectivity index (χ3n) is 4.25. The average Bonchev–Trinajstić information content (AvgIpc) is 2.87. The lowest BCUT2D eigenvalue weighted by atomic mass is 9.79. The molecular weight excluding hydrogens is 252 g/mol. The van der Waals surface area contributed by atoms with Gasteiger partial charge >= 0.3 is 0 Å². The number of aliphatic hydroxyl groups is 1. The second-order valence-corrected chi connectivity index (χ2v) is 5.36. The largest absolute Gasteiger partial charge is 0.493 e. The predicted molar refractivity (Wildman–Crippen MR) is 76.8 cm³/mol. The van der Waals surface area contributed by atoms with Crippen LogP contribution in [0.1, 0.15) is 41.7 Å². The standard InChI is InChI=1S/C16H20N2O2/c1-18-15(14(20-2)10-17-18)16(19)13-9-5-7-11-6-3-4-8-12(11)13/h3-4,6,8,10,13,16,19H,5,7,9H2,1-2H3. The number of fused-ring (bicyclic) bond motifs is 1. The van der Waals surface area contributed by atoms with Crippen LogP contribution in [0.5, 0.6) is 5.75 Å². The molecule has 1 aliphatic carbocycles. The van der Waals surface area contributed by atoms with Crippen molar-refractivity contribution in [1.82, 2.24) is 9.78 Å². The minimum absolute atomic E-state index is 0.115. The maximum Gasteiger partial charge on any atom is 0.162 e. The summed E-state index contributed by atoms with van der Waals surface area (Å²) in [5, 5.41) is 15.0. The number of aromatic nitrogens is 2. The van der Waals surface area contributed by atoms with Gasteiger partial charge in [0.05, 0.1) is 13.3 Å². The Morgan fingerprint density at radius 2 is 2.20 bits per heavy atom. The van der Waals surface area contributed by atoms with Crippen LogP contribution in [0.3, 0.4) is 0 Å². The van der Waals surface area contributed by atoms with Crippen LogP contribution in [0.25, 0.3) is 0 Å². The van der Waals surface area contributed by atoms with Crippen LogP contribution in [-0.4, -0.2) is 22.0 Å². The zero-order valence-electron chi connectivity index (χ0n) is 11.9. The maximum absolute atomic E-state index is 10.8. The van der Waals surface area contributed by atoms with Gasteiger partial charge in [-0.25, -0.2) is 0 Å². The summed E-state index contributed by atoms with van der Waals surface area (Å²) in [6.45, 7) is 0. The van der Waals surface area contributed by atoms with Crippen LogP contribution in [-0.2, 0) is 13.5 Å². The molecule has 1 aromatic heterocycles. The molecule has 2 atom stereocenters. The fourth-order valence-electron chi connectivity index (χ4n) is 3.23. The molecule has 0 aliphatic heterocycles. The van der Waals surface area contributed by atoms with Crippen molar-refractivity contribution in [1.29, 1.82) is 0 Å². The van der Waals surface area contributed by atoms with Gasteiger partial charge in [0.2, 0.25) is 0 Å². The van der Waals surface area contributed by atoms with Crippen molar-refractivity contribution in [2.75, 3.05) is 7.11 Å². The van der Waals surface area contributed by atoms with E-state index in [0.717, 1.165) is 25.0 Å². The SMILES string of the molecule is COc1cnn(C)c1C(O)C1CCCc2ccccc21. The highest BCUT2D eigenvalue weighted by atomic mass is 16.5. The molecule has 1 aromatic carbocycles. The number of ether oxygens (including phenoxy) is 1. The van der Waals surface area contributed by atoms with E-state index in [1.165, 1.54) is 11.1 Å². The number of benzene rings is 1. The molecule has 0 radical (unpaired) electrons. The maximum atomic E-state index is 10.8. The quantitative estimate of drug-likeness (QED) is 0.934. The number of aryl methyl sites for hydroxylation is 2. The molecule has 20 heavy (non-hydrogen) atoms. The molecule has 3 rings (SSSR count). The second-order valence-electron chi connectivity index (χ2n) is 5.36. The predicted octanol–water partition coefficient (Wildman–Crippen LogP) is 2.58. The van der Waals surface area contributed by atoms with E-state index in [2.05, 4.69) is 23.3 Å². The molecule has 0 bridgehead atoms. The third-order valence-corrected chi connectivity index (χ3v) is 4.25. The number of hydrogen-bond acceptors (Lipinski definition) is 3. The number of hydrogen-bond donors (Lipinski definition) is 1. The molecule has 0 saturated carbocycles. The Bertz CT molecular complexity index is 606. The van der Waals surface area contributed by atoms with Gasteiger partial charge in [-0.3, -0.25) is 4.68 Å². The van der Waals surface area contributed by atoms with E-state index in [0.29, 0.717) is 5.75 Å². The van der Waals surface area contributed by atoms with Crippen molar-refractivity contribution in [3.05, 3.63) is 47.3 Å². The van der Waals surface area contributed by atoms with E-state index in [-0.39, 0.29) is 5.92 Å². The van der Waals surface area contributed by atoms with Gasteiger partial charge in [0, 0.05) is 13.0 Å². The van der Waals surface area contributed by atoms with E-state index in [9.17, 15) is 5.11 Å². The monoisotopic (exact) mass is 272 g/mol. The molecule has 106 valence electrons. The highest BCUT2D eigenvalue weighted by molar-refractivity contribution is 5.37. The first-order chi connectivity index (χ1) is 9.72. The first-order valence-electron chi connectivity index (χ1n) is 7.04. The molecule has 4 heteroatoms. The second kappa shape index (κ2) is 5.29. The van der Waals surface area contributed by atoms with Crippen molar-refractivity contribution in [2.45, 2.75) is 31.3 Å². The molecule has 2 aromatic rings. The van der Waals surface area contributed by atoms with Crippen molar-refractivity contribution < 1.29 is 9.84 Å². The summed E-state index contributed by atoms with van der Waals surface area (Å²) in [7, 11) is 3.46. The lowest BCUT2D eigenvalue weighted by Gasteiger charge is -2.29. The van der Waals surface area contributed by atoms with Crippen molar-refractivity contribution in [3.8, 4) is 5.75 Å². The van der Waals surface area contributed by atoms with Gasteiger partial charge in [0.25, 0.3) is 0 Å². The van der Waals surface area contributed by atoms with Crippen molar-refractivity contribution in [3.63, 3.8) is 0 Å². The van der Waals surface area contributed by atoms with Gasteiger partial charge in [-0.15, -0.1) is 0 Å². The molecule has 1 N–H and O–H groups in total. The topological polar surface area (TPSA) is 47.3 Å². The van der Waals surface area contributed by atoms with Gasteiger partial charge < -0.3 is 9.84 Å². The molecule has 1 heterocycles. The molecule has 0 spiro atoms. The minimum Gasteiger partial charge on any atom is -0.493 e. The third kappa shape index (κ3) is 2.10. The lowest BCUT2D eigenvalue weighted by Crippen LogP contribution is -2.19. The summed E-state index contributed by atoms with van der Waals surface area (Å²) in [6, 6.07) is 8.41. The van der Waals surface area contributed by atoms with Crippen LogP contribution in [0.2, 0.25) is 0 Å². The average molecular weight is 272 g/mol. The van der Waals surface area contributed by atoms with E-state index < -0.39 is 6.10 Å². The zero-order valence-corrected chi connectivity index (χ0v) is 11.9. The summed E-state index contributed by atoms with van der Waals surface area (Å²) in [6.07, 6.45) is 4.28. The molecule has 2 unspecified atom stereocenters. The van der Waals surface area contributed by atoms with Crippen LogP contribution >= 0.6 is 0 Å². The smallest absolute Gasteiger partial charge is 0.162 e. The van der Waals surface area contributed by atoms with Gasteiger partial charge in [-0.1, -0.05) is 24.3 Å². The zero-order chi connectivity index (χ0) is 14.1. The van der Waals surface area contributed by atoms with E-state index in [4.69, 9.17) is 4.74 Å². The Hall–Kier alpha value is -1.81. The summed E-state index contributed by atoms with van der Waals surface area (Å²) < 4.78 is 7.03. The minimum atomic E-state index is -0.584. The van der Waals surface area contributed by atoms with E-state index in [1.54, 1.807) is 18.0 Å². The number of aliphatic hydroxyl groups excluding tert-OH is 1. The summed E-state index contributed by atoms with van der Waals surface area (Å²) in [4.78, 5) is 0. The molecular formula is C16H20N2O2. The normalized spacial score (nSPS) is 19.4. The molecule has 0 saturated heterocycles. The van der Waals surface area contributed by atoms with Crippen LogP contribution in [0.4, 0.5) is 0 Å². The summed E-state index contributed by atoms with van der Waals surface area (Å²) in [5.41, 5.74) is 3.37. The first kappa shape index (κ1) is 13.2. The Labute approximate surface area is 119 Å². The van der Waals surface area contributed by atoms with Crippen molar-refractivity contribution in [2.24, 2.45) is 7.05 Å². The van der Waals surface area contributed by atoms with Crippen LogP contribution in [0.15, 0.2) is 30.5 Å². The number of methoxy groups -OCH3 is 1. The summed E-state index contributed by atoms with van der Waals surface area (Å²) >= 11 is 0. The van der Waals surface area contributed by atoms with Crippen molar-refractivity contribution >= 4 is 0 Å². The fourth-order valence-corrected chi connectivity index (χ4v) is 3.23. The van der Waals surface area contributed by atoms with E-state index in [1.807, 2.05) is 13.1 Å². The van der Waals surface area contributed by atoms with Crippen LogP contribution in [0, 0.1) is 0 Å². The Balaban J connectivity index is 1.99. The molecule has 0 fully saturated rings.